The monoisotopic (exact) mass is 325 g/mol. The van der Waals surface area contributed by atoms with E-state index in [1.54, 1.807) is 0 Å². The number of aliphatic hydroxyl groups excluding tert-OH is 1. The first-order valence-corrected chi connectivity index (χ1v) is 8.76. The summed E-state index contributed by atoms with van der Waals surface area (Å²) in [5.74, 6) is 0. The number of rotatable bonds is 5. The van der Waals surface area contributed by atoms with Gasteiger partial charge in [0.1, 0.15) is 0 Å². The van der Waals surface area contributed by atoms with Crippen molar-refractivity contribution in [3.63, 3.8) is 0 Å². The summed E-state index contributed by atoms with van der Waals surface area (Å²) in [6.07, 6.45) is 3.36. The molecule has 0 unspecified atom stereocenters. The first-order chi connectivity index (χ1) is 11.6. The van der Waals surface area contributed by atoms with Gasteiger partial charge in [-0.05, 0) is 31.0 Å². The highest BCUT2D eigenvalue weighted by Gasteiger charge is 2.28. The first kappa shape index (κ1) is 17.1. The lowest BCUT2D eigenvalue weighted by Gasteiger charge is -2.43. The van der Waals surface area contributed by atoms with Gasteiger partial charge >= 0.3 is 0 Å². The Hall–Kier alpha value is -1.75. The van der Waals surface area contributed by atoms with Crippen molar-refractivity contribution >= 4 is 0 Å². The zero-order valence-electron chi connectivity index (χ0n) is 14.5. The number of aromatic nitrogens is 1. The number of hydrogen-bond acceptors (Lipinski definition) is 4. The Morgan fingerprint density at radius 3 is 2.54 bits per heavy atom. The fraction of sp³-hybridized carbons (Fsp3) is 0.450. The summed E-state index contributed by atoms with van der Waals surface area (Å²) < 4.78 is 0. The molecule has 24 heavy (non-hydrogen) atoms. The summed E-state index contributed by atoms with van der Waals surface area (Å²) in [5.41, 5.74) is 2.26. The molecule has 0 radical (unpaired) electrons. The second kappa shape index (κ2) is 7.88. The van der Waals surface area contributed by atoms with Gasteiger partial charge in [0.05, 0.1) is 6.10 Å². The smallest absolute Gasteiger partial charge is 0.0917 e. The molecule has 3 atom stereocenters. The average molecular weight is 325 g/mol. The van der Waals surface area contributed by atoms with Crippen LogP contribution in [0.2, 0.25) is 0 Å². The number of benzene rings is 1. The number of aliphatic hydroxyl groups is 1. The van der Waals surface area contributed by atoms with Gasteiger partial charge in [-0.15, -0.1) is 0 Å². The molecule has 2 heterocycles. The van der Waals surface area contributed by atoms with Gasteiger partial charge in [0.15, 0.2) is 0 Å². The highest BCUT2D eigenvalue weighted by atomic mass is 16.3. The van der Waals surface area contributed by atoms with Crippen molar-refractivity contribution in [1.82, 2.24) is 14.8 Å². The maximum absolute atomic E-state index is 10.5. The maximum Gasteiger partial charge on any atom is 0.0917 e. The highest BCUT2D eigenvalue weighted by Crippen LogP contribution is 2.24. The van der Waals surface area contributed by atoms with E-state index in [2.05, 4.69) is 34.7 Å². The molecule has 1 aromatic heterocycles. The van der Waals surface area contributed by atoms with Crippen molar-refractivity contribution in [1.29, 1.82) is 0 Å². The number of piperazine rings is 1. The fourth-order valence-corrected chi connectivity index (χ4v) is 3.48. The van der Waals surface area contributed by atoms with Crippen LogP contribution in [0.4, 0.5) is 0 Å². The number of β-amino-alcohol motifs (C(OH)–C–C–N with tert-alkyl or cyclic N) is 1. The fourth-order valence-electron chi connectivity index (χ4n) is 3.48. The Balaban J connectivity index is 1.57. The molecule has 0 bridgehead atoms. The van der Waals surface area contributed by atoms with E-state index in [1.165, 1.54) is 5.56 Å². The molecule has 1 aliphatic heterocycles. The molecular formula is C20H27N3O. The second-order valence-corrected chi connectivity index (χ2v) is 6.73. The summed E-state index contributed by atoms with van der Waals surface area (Å²) in [4.78, 5) is 9.14. The predicted octanol–water partition coefficient (Wildman–Crippen LogP) is 2.88. The molecule has 128 valence electrons. The minimum absolute atomic E-state index is 0.377. The number of pyridine rings is 1. The number of hydrogen-bond donors (Lipinski definition) is 1. The third-order valence-corrected chi connectivity index (χ3v) is 5.10. The quantitative estimate of drug-likeness (QED) is 0.917. The van der Waals surface area contributed by atoms with Gasteiger partial charge in [-0.2, -0.15) is 0 Å². The van der Waals surface area contributed by atoms with E-state index >= 15 is 0 Å². The van der Waals surface area contributed by atoms with E-state index < -0.39 is 6.10 Å². The molecule has 0 saturated carbocycles. The van der Waals surface area contributed by atoms with Crippen molar-refractivity contribution in [2.45, 2.75) is 32.0 Å². The van der Waals surface area contributed by atoms with Crippen LogP contribution in [0.25, 0.3) is 0 Å². The van der Waals surface area contributed by atoms with Gasteiger partial charge in [-0.25, -0.2) is 0 Å². The molecule has 0 aliphatic carbocycles. The minimum atomic E-state index is -0.420. The topological polar surface area (TPSA) is 39.6 Å². The summed E-state index contributed by atoms with van der Waals surface area (Å²) in [6.45, 7) is 8.20. The molecular weight excluding hydrogens is 298 g/mol. The van der Waals surface area contributed by atoms with E-state index in [0.717, 1.165) is 25.2 Å². The molecule has 2 aromatic rings. The van der Waals surface area contributed by atoms with E-state index in [9.17, 15) is 5.11 Å². The van der Waals surface area contributed by atoms with Crippen LogP contribution in [0.3, 0.4) is 0 Å². The van der Waals surface area contributed by atoms with E-state index in [-0.39, 0.29) is 0 Å². The van der Waals surface area contributed by atoms with Crippen LogP contribution in [0.5, 0.6) is 0 Å². The maximum atomic E-state index is 10.5. The van der Waals surface area contributed by atoms with Crippen LogP contribution in [0.1, 0.15) is 37.1 Å². The molecule has 1 aromatic carbocycles. The molecule has 4 nitrogen and oxygen atoms in total. The number of nitrogens with zero attached hydrogens (tertiary/aromatic N) is 3. The molecule has 1 saturated heterocycles. The molecule has 1 aliphatic rings. The third kappa shape index (κ3) is 4.01. The van der Waals surface area contributed by atoms with E-state index in [1.807, 2.05) is 48.8 Å². The van der Waals surface area contributed by atoms with Gasteiger partial charge in [-0.1, -0.05) is 36.4 Å². The van der Waals surface area contributed by atoms with Gasteiger partial charge in [-0.3, -0.25) is 14.8 Å². The van der Waals surface area contributed by atoms with Crippen LogP contribution in [-0.4, -0.2) is 52.1 Å². The molecule has 3 rings (SSSR count). The van der Waals surface area contributed by atoms with E-state index in [4.69, 9.17) is 0 Å². The Kier molecular flexibility index (Phi) is 5.61. The molecule has 0 amide bonds. The SMILES string of the molecule is C[C@@H]1CN([C@H](C)c2cccnc2)CCN1C[C@H](O)c1ccccc1. The van der Waals surface area contributed by atoms with Crippen LogP contribution in [-0.2, 0) is 0 Å². The normalized spacial score (nSPS) is 22.2. The summed E-state index contributed by atoms with van der Waals surface area (Å²) in [7, 11) is 0. The van der Waals surface area contributed by atoms with Crippen LogP contribution in [0.15, 0.2) is 54.9 Å². The van der Waals surface area contributed by atoms with Gasteiger partial charge in [0.25, 0.3) is 0 Å². The van der Waals surface area contributed by atoms with Gasteiger partial charge in [0, 0.05) is 50.7 Å². The average Bonchev–Trinajstić information content (AvgIpc) is 2.64. The minimum Gasteiger partial charge on any atom is -0.387 e. The highest BCUT2D eigenvalue weighted by molar-refractivity contribution is 5.18. The van der Waals surface area contributed by atoms with Gasteiger partial charge < -0.3 is 5.11 Å². The Morgan fingerprint density at radius 2 is 1.88 bits per heavy atom. The summed E-state index contributed by atoms with van der Waals surface area (Å²) in [6, 6.07) is 14.9. The van der Waals surface area contributed by atoms with Crippen molar-refractivity contribution < 1.29 is 5.11 Å². The molecule has 4 heteroatoms. The van der Waals surface area contributed by atoms with Crippen molar-refractivity contribution in [3.8, 4) is 0 Å². The lowest BCUT2D eigenvalue weighted by Crippen LogP contribution is -2.53. The molecule has 1 N–H and O–H groups in total. The third-order valence-electron chi connectivity index (χ3n) is 5.10. The zero-order valence-corrected chi connectivity index (χ0v) is 14.5. The van der Waals surface area contributed by atoms with Crippen molar-refractivity contribution in [2.24, 2.45) is 0 Å². The Morgan fingerprint density at radius 1 is 1.12 bits per heavy atom. The van der Waals surface area contributed by atoms with Crippen LogP contribution in [0, 0.1) is 0 Å². The van der Waals surface area contributed by atoms with Crippen molar-refractivity contribution in [3.05, 3.63) is 66.0 Å². The lowest BCUT2D eigenvalue weighted by molar-refractivity contribution is 0.0252. The lowest BCUT2D eigenvalue weighted by atomic mass is 10.0. The predicted molar refractivity (Wildman–Crippen MR) is 96.7 cm³/mol. The van der Waals surface area contributed by atoms with Crippen LogP contribution < -0.4 is 0 Å². The standard InChI is InChI=1S/C20H27N3O/c1-16-14-23(17(2)19-9-6-10-21-13-19)12-11-22(16)15-20(24)18-7-4-3-5-8-18/h3-10,13,16-17,20,24H,11-12,14-15H2,1-2H3/t16-,17-,20+/m1/s1. The Bertz CT molecular complexity index is 619. The largest absolute Gasteiger partial charge is 0.387 e. The Labute approximate surface area is 144 Å². The second-order valence-electron chi connectivity index (χ2n) is 6.73. The first-order valence-electron chi connectivity index (χ1n) is 8.76. The zero-order chi connectivity index (χ0) is 16.9. The molecule has 0 spiro atoms. The van der Waals surface area contributed by atoms with E-state index in [0.29, 0.717) is 18.6 Å². The molecule has 1 fully saturated rings. The van der Waals surface area contributed by atoms with Crippen molar-refractivity contribution in [2.75, 3.05) is 26.2 Å². The summed E-state index contributed by atoms with van der Waals surface area (Å²) in [5, 5.41) is 10.5. The van der Waals surface area contributed by atoms with Gasteiger partial charge in [0.2, 0.25) is 0 Å². The van der Waals surface area contributed by atoms with Crippen LogP contribution >= 0.6 is 0 Å². The summed E-state index contributed by atoms with van der Waals surface area (Å²) >= 11 is 0.